The molecule has 0 amide bonds. The largest absolute Gasteiger partial charge is 0.396 e. The first kappa shape index (κ1) is 12.8. The number of aliphatic hydroxyl groups excluding tert-OH is 1. The number of benzene rings is 1. The van der Waals surface area contributed by atoms with E-state index in [1.807, 2.05) is 13.0 Å². The average molecular weight is 264 g/mol. The van der Waals surface area contributed by atoms with Crippen LogP contribution in [0.3, 0.4) is 0 Å². The molecule has 0 saturated heterocycles. The Bertz CT molecular complexity index is 601. The summed E-state index contributed by atoms with van der Waals surface area (Å²) in [6, 6.07) is 6.52. The van der Waals surface area contributed by atoms with E-state index in [1.54, 1.807) is 6.07 Å². The van der Waals surface area contributed by atoms with Crippen molar-refractivity contribution in [3.63, 3.8) is 0 Å². The number of hydrogen-bond acceptors (Lipinski definition) is 5. The predicted octanol–water partition coefficient (Wildman–Crippen LogP) is 2.54. The lowest BCUT2D eigenvalue weighted by atomic mass is 10.2. The van der Waals surface area contributed by atoms with Crippen molar-refractivity contribution in [3.8, 4) is 0 Å². The highest BCUT2D eigenvalue weighted by Crippen LogP contribution is 2.30. The third kappa shape index (κ3) is 2.60. The third-order valence-electron chi connectivity index (χ3n) is 2.44. The van der Waals surface area contributed by atoms with Gasteiger partial charge in [0.2, 0.25) is 0 Å². The molecule has 1 aromatic heterocycles. The zero-order valence-electron chi connectivity index (χ0n) is 9.79. The zero-order chi connectivity index (χ0) is 13.1. The van der Waals surface area contributed by atoms with Gasteiger partial charge in [0.25, 0.3) is 5.69 Å². The van der Waals surface area contributed by atoms with Gasteiger partial charge in [-0.3, -0.25) is 15.1 Å². The number of pyridine rings is 1. The van der Waals surface area contributed by atoms with Crippen molar-refractivity contribution in [2.24, 2.45) is 0 Å². The number of fused-ring (bicyclic) bond motifs is 1. The molecule has 0 aliphatic heterocycles. The molecule has 18 heavy (non-hydrogen) atoms. The number of aryl methyl sites for hydroxylation is 1. The van der Waals surface area contributed by atoms with Gasteiger partial charge in [-0.1, -0.05) is 0 Å². The number of hydrogen-bond donors (Lipinski definition) is 1. The van der Waals surface area contributed by atoms with Crippen molar-refractivity contribution in [3.05, 3.63) is 40.1 Å². The Kier molecular flexibility index (Phi) is 3.78. The Labute approximate surface area is 108 Å². The second-order valence-corrected chi connectivity index (χ2v) is 4.93. The molecule has 0 fully saturated rings. The minimum Gasteiger partial charge on any atom is -0.396 e. The lowest BCUT2D eigenvalue weighted by Gasteiger charge is -2.06. The van der Waals surface area contributed by atoms with Crippen LogP contribution in [-0.4, -0.2) is 27.4 Å². The number of aromatic nitrogens is 1. The van der Waals surface area contributed by atoms with Crippen LogP contribution in [0, 0.1) is 17.0 Å². The monoisotopic (exact) mass is 264 g/mol. The highest BCUT2D eigenvalue weighted by molar-refractivity contribution is 7.99. The van der Waals surface area contributed by atoms with E-state index < -0.39 is 4.92 Å². The summed E-state index contributed by atoms with van der Waals surface area (Å²) in [7, 11) is 0. The summed E-state index contributed by atoms with van der Waals surface area (Å²) < 4.78 is 0. The molecule has 6 heteroatoms. The van der Waals surface area contributed by atoms with Gasteiger partial charge in [-0.25, -0.2) is 0 Å². The summed E-state index contributed by atoms with van der Waals surface area (Å²) in [6.07, 6.45) is 0. The first-order valence-electron chi connectivity index (χ1n) is 5.41. The normalized spacial score (nSPS) is 10.8. The number of aliphatic hydroxyl groups is 1. The van der Waals surface area contributed by atoms with Crippen LogP contribution in [0.25, 0.3) is 10.9 Å². The number of nitro groups is 1. The first-order valence-corrected chi connectivity index (χ1v) is 6.40. The van der Waals surface area contributed by atoms with Crippen LogP contribution >= 0.6 is 11.8 Å². The van der Waals surface area contributed by atoms with Crippen LogP contribution in [-0.2, 0) is 0 Å². The van der Waals surface area contributed by atoms with E-state index in [1.165, 1.54) is 23.9 Å². The maximum Gasteiger partial charge on any atom is 0.270 e. The molecule has 2 aromatic rings. The Morgan fingerprint density at radius 3 is 2.89 bits per heavy atom. The molecule has 2 rings (SSSR count). The van der Waals surface area contributed by atoms with Crippen molar-refractivity contribution >= 4 is 28.4 Å². The maximum atomic E-state index is 10.8. The van der Waals surface area contributed by atoms with Gasteiger partial charge in [0.15, 0.2) is 0 Å². The summed E-state index contributed by atoms with van der Waals surface area (Å²) in [5.74, 6) is 0.557. The average Bonchev–Trinajstić information content (AvgIpc) is 2.35. The van der Waals surface area contributed by atoms with Crippen molar-refractivity contribution in [1.29, 1.82) is 0 Å². The topological polar surface area (TPSA) is 76.3 Å². The number of thioether (sulfide) groups is 1. The Balaban J connectivity index is 2.58. The van der Waals surface area contributed by atoms with E-state index in [-0.39, 0.29) is 12.3 Å². The van der Waals surface area contributed by atoms with Crippen molar-refractivity contribution < 1.29 is 10.0 Å². The first-order chi connectivity index (χ1) is 8.61. The van der Waals surface area contributed by atoms with Gasteiger partial charge in [-0.2, -0.15) is 0 Å². The van der Waals surface area contributed by atoms with Gasteiger partial charge in [-0.05, 0) is 19.1 Å². The van der Waals surface area contributed by atoms with E-state index >= 15 is 0 Å². The molecule has 0 spiro atoms. The van der Waals surface area contributed by atoms with Gasteiger partial charge in [0.1, 0.15) is 0 Å². The summed E-state index contributed by atoms with van der Waals surface area (Å²) in [6.45, 7) is 1.95. The Hall–Kier alpha value is -1.66. The van der Waals surface area contributed by atoms with Crippen LogP contribution in [0.5, 0.6) is 0 Å². The Morgan fingerprint density at radius 2 is 2.22 bits per heavy atom. The van der Waals surface area contributed by atoms with Crippen molar-refractivity contribution in [2.45, 2.75) is 11.8 Å². The fourth-order valence-electron chi connectivity index (χ4n) is 1.70. The SMILES string of the molecule is Cc1cc(SCCO)c2cc([N+](=O)[O-])ccc2n1. The van der Waals surface area contributed by atoms with Crippen LogP contribution in [0.2, 0.25) is 0 Å². The molecule has 0 unspecified atom stereocenters. The summed E-state index contributed by atoms with van der Waals surface area (Å²) in [5.41, 5.74) is 1.65. The fourth-order valence-corrected chi connectivity index (χ4v) is 2.58. The molecule has 1 N–H and O–H groups in total. The molecule has 1 heterocycles. The summed E-state index contributed by atoms with van der Waals surface area (Å²) in [5, 5.41) is 20.4. The van der Waals surface area contributed by atoms with E-state index in [0.29, 0.717) is 5.75 Å². The van der Waals surface area contributed by atoms with E-state index in [9.17, 15) is 10.1 Å². The van der Waals surface area contributed by atoms with Crippen LogP contribution in [0.1, 0.15) is 5.69 Å². The molecule has 0 aliphatic rings. The predicted molar refractivity (Wildman–Crippen MR) is 70.9 cm³/mol. The molecule has 0 aliphatic carbocycles. The number of nitrogens with zero attached hydrogens (tertiary/aromatic N) is 2. The smallest absolute Gasteiger partial charge is 0.270 e. The summed E-state index contributed by atoms with van der Waals surface area (Å²) >= 11 is 1.47. The standard InChI is InChI=1S/C12H12N2O3S/c1-8-6-12(18-5-4-15)10-7-9(14(16)17)2-3-11(10)13-8/h2-3,6-7,15H,4-5H2,1H3. The van der Waals surface area contributed by atoms with E-state index in [2.05, 4.69) is 4.98 Å². The number of rotatable bonds is 4. The molecule has 0 atom stereocenters. The molecule has 0 saturated carbocycles. The summed E-state index contributed by atoms with van der Waals surface area (Å²) in [4.78, 5) is 15.6. The van der Waals surface area contributed by atoms with Gasteiger partial charge in [0, 0.05) is 33.9 Å². The van der Waals surface area contributed by atoms with Crippen molar-refractivity contribution in [2.75, 3.05) is 12.4 Å². The molecule has 1 aromatic carbocycles. The minimum absolute atomic E-state index is 0.0546. The quantitative estimate of drug-likeness (QED) is 0.521. The van der Waals surface area contributed by atoms with E-state index in [0.717, 1.165) is 21.5 Å². The number of nitro benzene ring substituents is 1. The van der Waals surface area contributed by atoms with Gasteiger partial charge in [0.05, 0.1) is 17.0 Å². The Morgan fingerprint density at radius 1 is 1.44 bits per heavy atom. The molecule has 5 nitrogen and oxygen atoms in total. The molecular weight excluding hydrogens is 252 g/mol. The zero-order valence-corrected chi connectivity index (χ0v) is 10.6. The molecular formula is C12H12N2O3S. The van der Waals surface area contributed by atoms with E-state index in [4.69, 9.17) is 5.11 Å². The molecule has 0 bridgehead atoms. The van der Waals surface area contributed by atoms with Gasteiger partial charge >= 0.3 is 0 Å². The highest BCUT2D eigenvalue weighted by atomic mass is 32.2. The third-order valence-corrected chi connectivity index (χ3v) is 3.48. The highest BCUT2D eigenvalue weighted by Gasteiger charge is 2.10. The lowest BCUT2D eigenvalue weighted by Crippen LogP contribution is -1.93. The van der Waals surface area contributed by atoms with Crippen molar-refractivity contribution in [1.82, 2.24) is 4.98 Å². The fraction of sp³-hybridized carbons (Fsp3) is 0.250. The van der Waals surface area contributed by atoms with Crippen LogP contribution in [0.15, 0.2) is 29.2 Å². The number of non-ortho nitro benzene ring substituents is 1. The second-order valence-electron chi connectivity index (χ2n) is 3.79. The van der Waals surface area contributed by atoms with Crippen LogP contribution in [0.4, 0.5) is 5.69 Å². The molecule has 0 radical (unpaired) electrons. The maximum absolute atomic E-state index is 10.8. The van der Waals surface area contributed by atoms with Gasteiger partial charge < -0.3 is 5.11 Å². The second kappa shape index (κ2) is 5.32. The van der Waals surface area contributed by atoms with Crippen LogP contribution < -0.4 is 0 Å². The van der Waals surface area contributed by atoms with Gasteiger partial charge in [-0.15, -0.1) is 11.8 Å². The minimum atomic E-state index is -0.417. The lowest BCUT2D eigenvalue weighted by molar-refractivity contribution is -0.384. The molecule has 94 valence electrons.